The van der Waals surface area contributed by atoms with Gasteiger partial charge in [-0.2, -0.15) is 0 Å². The van der Waals surface area contributed by atoms with Gasteiger partial charge in [0.2, 0.25) is 0 Å². The zero-order valence-corrected chi connectivity index (χ0v) is 11.2. The second kappa shape index (κ2) is 5.63. The Bertz CT molecular complexity index is 571. The van der Waals surface area contributed by atoms with Crippen molar-refractivity contribution in [3.8, 4) is 5.75 Å². The molecule has 1 aliphatic rings. The predicted molar refractivity (Wildman–Crippen MR) is 73.8 cm³/mol. The zero-order chi connectivity index (χ0) is 13.9. The summed E-state index contributed by atoms with van der Waals surface area (Å²) in [4.78, 5) is 4.09. The second-order valence-electron chi connectivity index (χ2n) is 5.27. The lowest BCUT2D eigenvalue weighted by molar-refractivity contribution is 0.385. The Kier molecular flexibility index (Phi) is 3.69. The fourth-order valence-electron chi connectivity index (χ4n) is 2.94. The molecule has 0 amide bonds. The van der Waals surface area contributed by atoms with Crippen molar-refractivity contribution in [2.24, 2.45) is 0 Å². The molecule has 2 aromatic rings. The number of rotatable bonds is 4. The summed E-state index contributed by atoms with van der Waals surface area (Å²) < 4.78 is 15.3. The summed E-state index contributed by atoms with van der Waals surface area (Å²) in [7, 11) is 0. The van der Waals surface area contributed by atoms with Crippen LogP contribution < -0.4 is 5.32 Å². The molecule has 1 aliphatic carbocycles. The maximum Gasteiger partial charge on any atom is 0.123 e. The van der Waals surface area contributed by atoms with E-state index in [1.807, 2.05) is 12.5 Å². The van der Waals surface area contributed by atoms with Crippen molar-refractivity contribution in [3.05, 3.63) is 48.3 Å². The van der Waals surface area contributed by atoms with Crippen LogP contribution in [0.4, 0.5) is 4.39 Å². The first-order valence-corrected chi connectivity index (χ1v) is 6.92. The summed E-state index contributed by atoms with van der Waals surface area (Å²) in [6.07, 6.45) is 8.96. The molecule has 1 aromatic heterocycles. The fraction of sp³-hybridized carbons (Fsp3) is 0.400. The van der Waals surface area contributed by atoms with Crippen LogP contribution in [0.5, 0.6) is 5.75 Å². The van der Waals surface area contributed by atoms with E-state index >= 15 is 0 Å². The minimum Gasteiger partial charge on any atom is -0.508 e. The Morgan fingerprint density at radius 1 is 1.40 bits per heavy atom. The molecular weight excluding hydrogens is 257 g/mol. The molecule has 2 atom stereocenters. The third-order valence-corrected chi connectivity index (χ3v) is 3.98. The number of phenolic OH excluding ortho intramolecular Hbond substituents is 1. The molecule has 0 aliphatic heterocycles. The number of halogens is 1. The molecular formula is C15H18FN3O. The van der Waals surface area contributed by atoms with Gasteiger partial charge in [0, 0.05) is 36.6 Å². The van der Waals surface area contributed by atoms with Gasteiger partial charge in [-0.05, 0) is 37.5 Å². The molecule has 1 aromatic carbocycles. The van der Waals surface area contributed by atoms with E-state index in [2.05, 4.69) is 14.9 Å². The van der Waals surface area contributed by atoms with Crippen molar-refractivity contribution < 1.29 is 9.50 Å². The Morgan fingerprint density at radius 3 is 3.10 bits per heavy atom. The van der Waals surface area contributed by atoms with Gasteiger partial charge in [-0.3, -0.25) is 0 Å². The SMILES string of the molecule is Oc1ccc(F)cc1CNC1CCCC1n1ccnc1. The van der Waals surface area contributed by atoms with E-state index in [1.54, 1.807) is 6.20 Å². The molecule has 3 rings (SSSR count). The van der Waals surface area contributed by atoms with E-state index < -0.39 is 0 Å². The summed E-state index contributed by atoms with van der Waals surface area (Å²) in [6, 6.07) is 4.75. The Morgan fingerprint density at radius 2 is 2.30 bits per heavy atom. The fourth-order valence-corrected chi connectivity index (χ4v) is 2.94. The largest absolute Gasteiger partial charge is 0.508 e. The van der Waals surface area contributed by atoms with Crippen LogP contribution >= 0.6 is 0 Å². The van der Waals surface area contributed by atoms with Crippen LogP contribution in [-0.2, 0) is 6.54 Å². The second-order valence-corrected chi connectivity index (χ2v) is 5.27. The number of benzene rings is 1. The van der Waals surface area contributed by atoms with Crippen LogP contribution in [0.15, 0.2) is 36.9 Å². The summed E-state index contributed by atoms with van der Waals surface area (Å²) in [5.41, 5.74) is 0.598. The molecule has 2 unspecified atom stereocenters. The number of hydrogen-bond donors (Lipinski definition) is 2. The molecule has 20 heavy (non-hydrogen) atoms. The highest BCUT2D eigenvalue weighted by Gasteiger charge is 2.27. The van der Waals surface area contributed by atoms with Crippen molar-refractivity contribution in [1.82, 2.24) is 14.9 Å². The molecule has 0 radical (unpaired) electrons. The van der Waals surface area contributed by atoms with Crippen molar-refractivity contribution in [2.75, 3.05) is 0 Å². The number of nitrogens with zero attached hydrogens (tertiary/aromatic N) is 2. The quantitative estimate of drug-likeness (QED) is 0.901. The lowest BCUT2D eigenvalue weighted by Crippen LogP contribution is -2.33. The number of imidazole rings is 1. The molecule has 106 valence electrons. The van der Waals surface area contributed by atoms with E-state index in [0.717, 1.165) is 19.3 Å². The molecule has 0 spiro atoms. The van der Waals surface area contributed by atoms with Crippen LogP contribution in [0.2, 0.25) is 0 Å². The third kappa shape index (κ3) is 2.67. The van der Waals surface area contributed by atoms with Crippen LogP contribution in [0.1, 0.15) is 30.9 Å². The normalized spacial score (nSPS) is 22.2. The number of aromatic nitrogens is 2. The Labute approximate surface area is 117 Å². The smallest absolute Gasteiger partial charge is 0.123 e. The molecule has 2 N–H and O–H groups in total. The number of hydrogen-bond acceptors (Lipinski definition) is 3. The summed E-state index contributed by atoms with van der Waals surface area (Å²) in [6.45, 7) is 0.472. The monoisotopic (exact) mass is 275 g/mol. The van der Waals surface area contributed by atoms with Crippen LogP contribution in [-0.4, -0.2) is 20.7 Å². The van der Waals surface area contributed by atoms with Crippen molar-refractivity contribution in [3.63, 3.8) is 0 Å². The van der Waals surface area contributed by atoms with Gasteiger partial charge in [0.1, 0.15) is 11.6 Å². The highest BCUT2D eigenvalue weighted by molar-refractivity contribution is 5.32. The molecule has 1 fully saturated rings. The van der Waals surface area contributed by atoms with Gasteiger partial charge < -0.3 is 15.0 Å². The van der Waals surface area contributed by atoms with Crippen LogP contribution in [0, 0.1) is 5.82 Å². The summed E-state index contributed by atoms with van der Waals surface area (Å²) >= 11 is 0. The number of aromatic hydroxyl groups is 1. The van der Waals surface area contributed by atoms with Crippen molar-refractivity contribution in [1.29, 1.82) is 0 Å². The average Bonchev–Trinajstić information content (AvgIpc) is 3.09. The number of nitrogens with one attached hydrogen (secondary N) is 1. The average molecular weight is 275 g/mol. The maximum absolute atomic E-state index is 13.2. The van der Waals surface area contributed by atoms with Gasteiger partial charge in [-0.15, -0.1) is 0 Å². The molecule has 0 bridgehead atoms. The Hall–Kier alpha value is -1.88. The van der Waals surface area contributed by atoms with E-state index in [1.165, 1.54) is 18.2 Å². The summed E-state index contributed by atoms with van der Waals surface area (Å²) in [5, 5.41) is 13.2. The lowest BCUT2D eigenvalue weighted by atomic mass is 10.1. The number of phenols is 1. The predicted octanol–water partition coefficient (Wildman–Crippen LogP) is 2.61. The van der Waals surface area contributed by atoms with E-state index in [4.69, 9.17) is 0 Å². The molecule has 4 nitrogen and oxygen atoms in total. The van der Waals surface area contributed by atoms with Crippen LogP contribution in [0.25, 0.3) is 0 Å². The third-order valence-electron chi connectivity index (χ3n) is 3.98. The van der Waals surface area contributed by atoms with Gasteiger partial charge in [0.25, 0.3) is 0 Å². The standard InChI is InChI=1S/C15H18FN3O/c16-12-4-5-15(20)11(8-12)9-18-13-2-1-3-14(13)19-7-6-17-10-19/h4-8,10,13-14,18,20H,1-3,9H2. The highest BCUT2D eigenvalue weighted by atomic mass is 19.1. The van der Waals surface area contributed by atoms with Crippen molar-refractivity contribution >= 4 is 0 Å². The zero-order valence-electron chi connectivity index (χ0n) is 11.2. The van der Waals surface area contributed by atoms with E-state index in [9.17, 15) is 9.50 Å². The van der Waals surface area contributed by atoms with Gasteiger partial charge in [-0.25, -0.2) is 9.37 Å². The van der Waals surface area contributed by atoms with Gasteiger partial charge in [0.05, 0.1) is 6.33 Å². The van der Waals surface area contributed by atoms with Crippen molar-refractivity contribution in [2.45, 2.75) is 37.9 Å². The molecule has 0 saturated heterocycles. The van der Waals surface area contributed by atoms with Crippen LogP contribution in [0.3, 0.4) is 0 Å². The first-order valence-electron chi connectivity index (χ1n) is 6.92. The topological polar surface area (TPSA) is 50.1 Å². The lowest BCUT2D eigenvalue weighted by Gasteiger charge is -2.22. The molecule has 1 heterocycles. The molecule has 1 saturated carbocycles. The minimum atomic E-state index is -0.322. The maximum atomic E-state index is 13.2. The van der Waals surface area contributed by atoms with E-state index in [-0.39, 0.29) is 11.6 Å². The molecule has 5 heteroatoms. The Balaban J connectivity index is 1.67. The minimum absolute atomic E-state index is 0.135. The van der Waals surface area contributed by atoms with Gasteiger partial charge >= 0.3 is 0 Å². The van der Waals surface area contributed by atoms with E-state index in [0.29, 0.717) is 24.2 Å². The van der Waals surface area contributed by atoms with Gasteiger partial charge in [-0.1, -0.05) is 0 Å². The highest BCUT2D eigenvalue weighted by Crippen LogP contribution is 2.30. The first-order chi connectivity index (χ1) is 9.74. The summed E-state index contributed by atoms with van der Waals surface area (Å²) in [5.74, 6) is -0.187. The van der Waals surface area contributed by atoms with Gasteiger partial charge in [0.15, 0.2) is 0 Å². The first kappa shape index (κ1) is 13.1.